The summed E-state index contributed by atoms with van der Waals surface area (Å²) in [5.74, 6) is 0.00906. The van der Waals surface area contributed by atoms with Crippen LogP contribution in [0.2, 0.25) is 0 Å². The van der Waals surface area contributed by atoms with E-state index in [0.717, 1.165) is 30.4 Å². The second-order valence-corrected chi connectivity index (χ2v) is 8.20. The van der Waals surface area contributed by atoms with E-state index in [9.17, 15) is 12.8 Å². The molecule has 0 saturated carbocycles. The van der Waals surface area contributed by atoms with E-state index in [0.29, 0.717) is 5.92 Å². The fourth-order valence-corrected chi connectivity index (χ4v) is 3.31. The van der Waals surface area contributed by atoms with Gasteiger partial charge in [-0.2, -0.15) is 8.42 Å². The average Bonchev–Trinajstić information content (AvgIpc) is 2.39. The zero-order valence-electron chi connectivity index (χ0n) is 13.2. The molecule has 122 valence electrons. The number of allylic oxidation sites excluding steroid dienone is 2. The summed E-state index contributed by atoms with van der Waals surface area (Å²) in [6.07, 6.45) is 5.13. The first-order valence-corrected chi connectivity index (χ1v) is 8.90. The van der Waals surface area contributed by atoms with Crippen molar-refractivity contribution in [3.8, 4) is 0 Å². The highest BCUT2D eigenvalue weighted by Gasteiger charge is 2.26. The van der Waals surface area contributed by atoms with Crippen molar-refractivity contribution >= 4 is 21.5 Å². The largest absolute Gasteiger partial charge is 0.296 e. The Kier molecular flexibility index (Phi) is 4.63. The molecule has 6 heteroatoms. The van der Waals surface area contributed by atoms with Gasteiger partial charge in [0.05, 0.1) is 5.69 Å². The summed E-state index contributed by atoms with van der Waals surface area (Å²) in [5, 5.41) is 4.86. The SMILES string of the molecule is CC(C)(C)C1CC=C(c2ccc(NS(N)(=O)=O)c(F)c2)CC1. The number of nitrogens with two attached hydrogens (primary N) is 1. The molecule has 0 aliphatic heterocycles. The summed E-state index contributed by atoms with van der Waals surface area (Å²) in [4.78, 5) is 0. The molecule has 22 heavy (non-hydrogen) atoms. The van der Waals surface area contributed by atoms with Crippen LogP contribution in [-0.4, -0.2) is 8.42 Å². The Morgan fingerprint density at radius 3 is 2.45 bits per heavy atom. The van der Waals surface area contributed by atoms with Gasteiger partial charge in [-0.1, -0.05) is 32.9 Å². The zero-order chi connectivity index (χ0) is 16.5. The van der Waals surface area contributed by atoms with Crippen molar-refractivity contribution in [1.29, 1.82) is 0 Å². The lowest BCUT2D eigenvalue weighted by Gasteiger charge is -2.33. The molecule has 2 rings (SSSR count). The molecule has 0 fully saturated rings. The van der Waals surface area contributed by atoms with Crippen LogP contribution in [-0.2, 0) is 10.2 Å². The summed E-state index contributed by atoms with van der Waals surface area (Å²) < 4.78 is 37.9. The van der Waals surface area contributed by atoms with Crippen molar-refractivity contribution in [3.63, 3.8) is 0 Å². The van der Waals surface area contributed by atoms with E-state index in [4.69, 9.17) is 5.14 Å². The zero-order valence-corrected chi connectivity index (χ0v) is 14.0. The van der Waals surface area contributed by atoms with Gasteiger partial charge in [0, 0.05) is 0 Å². The molecule has 1 aromatic carbocycles. The third kappa shape index (κ3) is 4.30. The lowest BCUT2D eigenvalue weighted by Crippen LogP contribution is -2.22. The molecule has 0 amide bonds. The highest BCUT2D eigenvalue weighted by atomic mass is 32.2. The minimum atomic E-state index is -3.97. The molecule has 4 nitrogen and oxygen atoms in total. The molecule has 3 N–H and O–H groups in total. The van der Waals surface area contributed by atoms with E-state index in [1.807, 2.05) is 4.72 Å². The van der Waals surface area contributed by atoms with Crippen molar-refractivity contribution in [2.24, 2.45) is 16.5 Å². The molecule has 1 atom stereocenters. The van der Waals surface area contributed by atoms with Crippen LogP contribution in [0.25, 0.3) is 5.57 Å². The fourth-order valence-electron chi connectivity index (χ4n) is 2.83. The van der Waals surface area contributed by atoms with Crippen molar-refractivity contribution in [1.82, 2.24) is 0 Å². The third-order valence-electron chi connectivity index (χ3n) is 4.23. The van der Waals surface area contributed by atoms with Crippen molar-refractivity contribution < 1.29 is 12.8 Å². The summed E-state index contributed by atoms with van der Waals surface area (Å²) in [7, 11) is -3.97. The Balaban J connectivity index is 2.18. The molecule has 0 heterocycles. The highest BCUT2D eigenvalue weighted by Crippen LogP contribution is 2.39. The smallest absolute Gasteiger partial charge is 0.268 e. The molecule has 1 aliphatic carbocycles. The third-order valence-corrected chi connectivity index (χ3v) is 4.73. The number of benzene rings is 1. The van der Waals surface area contributed by atoms with E-state index in [-0.39, 0.29) is 11.1 Å². The van der Waals surface area contributed by atoms with Crippen LogP contribution in [0.4, 0.5) is 10.1 Å². The maximum atomic E-state index is 14.0. The van der Waals surface area contributed by atoms with E-state index in [2.05, 4.69) is 26.8 Å². The molecule has 0 bridgehead atoms. The Morgan fingerprint density at radius 2 is 2.00 bits per heavy atom. The van der Waals surface area contributed by atoms with Crippen molar-refractivity contribution in [3.05, 3.63) is 35.7 Å². The fraction of sp³-hybridized carbons (Fsp3) is 0.500. The molecular weight excluding hydrogens is 303 g/mol. The number of hydrogen-bond acceptors (Lipinski definition) is 2. The number of nitrogens with one attached hydrogen (secondary N) is 1. The van der Waals surface area contributed by atoms with Crippen LogP contribution < -0.4 is 9.86 Å². The van der Waals surface area contributed by atoms with Gasteiger partial charge < -0.3 is 0 Å². The first-order chi connectivity index (χ1) is 10.1. The predicted octanol–water partition coefficient (Wildman–Crippen LogP) is 3.67. The van der Waals surface area contributed by atoms with E-state index in [1.165, 1.54) is 12.1 Å². The van der Waals surface area contributed by atoms with Gasteiger partial charge in [0.15, 0.2) is 0 Å². The van der Waals surface area contributed by atoms with Crippen LogP contribution in [0.15, 0.2) is 24.3 Å². The summed E-state index contributed by atoms with van der Waals surface area (Å²) in [6.45, 7) is 6.72. The average molecular weight is 326 g/mol. The summed E-state index contributed by atoms with van der Waals surface area (Å²) in [6, 6.07) is 4.49. The van der Waals surface area contributed by atoms with Gasteiger partial charge in [-0.3, -0.25) is 4.72 Å². The van der Waals surface area contributed by atoms with Crippen molar-refractivity contribution in [2.75, 3.05) is 4.72 Å². The Labute approximate surface area is 131 Å². The summed E-state index contributed by atoms with van der Waals surface area (Å²) in [5.41, 5.74) is 2.05. The van der Waals surface area contributed by atoms with Crippen LogP contribution in [0.3, 0.4) is 0 Å². The number of halogens is 1. The molecule has 0 saturated heterocycles. The molecule has 1 unspecified atom stereocenters. The topological polar surface area (TPSA) is 72.2 Å². The van der Waals surface area contributed by atoms with Gasteiger partial charge in [-0.15, -0.1) is 0 Å². The Morgan fingerprint density at radius 1 is 1.32 bits per heavy atom. The van der Waals surface area contributed by atoms with Crippen molar-refractivity contribution in [2.45, 2.75) is 40.0 Å². The molecular formula is C16H23FN2O2S. The van der Waals surface area contributed by atoms with E-state index in [1.54, 1.807) is 6.07 Å². The summed E-state index contributed by atoms with van der Waals surface area (Å²) >= 11 is 0. The van der Waals surface area contributed by atoms with Gasteiger partial charge in [0.1, 0.15) is 5.82 Å². The van der Waals surface area contributed by atoms with Gasteiger partial charge >= 0.3 is 0 Å². The predicted molar refractivity (Wildman–Crippen MR) is 87.9 cm³/mol. The molecule has 1 aromatic rings. The first kappa shape index (κ1) is 17.0. The van der Waals surface area contributed by atoms with Crippen LogP contribution in [0.1, 0.15) is 45.6 Å². The maximum Gasteiger partial charge on any atom is 0.296 e. The highest BCUT2D eigenvalue weighted by molar-refractivity contribution is 7.90. The second-order valence-electron chi connectivity index (χ2n) is 6.91. The van der Waals surface area contributed by atoms with E-state index >= 15 is 0 Å². The van der Waals surface area contributed by atoms with Gasteiger partial charge in [-0.05, 0) is 53.9 Å². The molecule has 0 aromatic heterocycles. The standard InChI is InChI=1S/C16H23FN2O2S/c1-16(2,3)13-7-4-11(5-8-13)12-6-9-15(14(17)10-12)19-22(18,20)21/h4,6,9-10,13,19H,5,7-8H2,1-3H3,(H2,18,20,21). The maximum absolute atomic E-state index is 14.0. The van der Waals surface area contributed by atoms with E-state index < -0.39 is 16.0 Å². The lowest BCUT2D eigenvalue weighted by molar-refractivity contribution is 0.225. The van der Waals surface area contributed by atoms with Crippen LogP contribution in [0.5, 0.6) is 0 Å². The van der Waals surface area contributed by atoms with Gasteiger partial charge in [0.25, 0.3) is 10.2 Å². The first-order valence-electron chi connectivity index (χ1n) is 7.36. The van der Waals surface area contributed by atoms with Crippen LogP contribution in [0, 0.1) is 17.2 Å². The number of hydrogen-bond donors (Lipinski definition) is 2. The minimum Gasteiger partial charge on any atom is -0.268 e. The Hall–Kier alpha value is -1.40. The van der Waals surface area contributed by atoms with Gasteiger partial charge in [0.2, 0.25) is 0 Å². The minimum absolute atomic E-state index is 0.129. The monoisotopic (exact) mass is 326 g/mol. The number of rotatable bonds is 3. The lowest BCUT2D eigenvalue weighted by atomic mass is 9.72. The quantitative estimate of drug-likeness (QED) is 0.889. The van der Waals surface area contributed by atoms with Gasteiger partial charge in [-0.25, -0.2) is 9.53 Å². The molecule has 0 spiro atoms. The molecule has 0 radical (unpaired) electrons. The van der Waals surface area contributed by atoms with Crippen LogP contribution >= 0.6 is 0 Å². The normalized spacial score (nSPS) is 19.7. The molecule has 1 aliphatic rings. The number of anilines is 1. The Bertz CT molecular complexity index is 691. The second kappa shape index (κ2) is 6.01.